The normalized spacial score (nSPS) is 10.3. The number of nitrogens with zero attached hydrogens (tertiary/aromatic N) is 2. The maximum Gasteiger partial charge on any atom is 0.132 e. The summed E-state index contributed by atoms with van der Waals surface area (Å²) in [5.74, 6) is 1.40. The molecular weight excluding hydrogens is 212 g/mol. The van der Waals surface area contributed by atoms with Gasteiger partial charge in [-0.25, -0.2) is 4.98 Å². The molecule has 1 N–H and O–H groups in total. The molecule has 84 valence electrons. The fourth-order valence-corrected chi connectivity index (χ4v) is 1.70. The van der Waals surface area contributed by atoms with Crippen LogP contribution in [0.3, 0.4) is 0 Å². The van der Waals surface area contributed by atoms with Crippen LogP contribution in [0.15, 0.2) is 18.3 Å². The van der Waals surface area contributed by atoms with Crippen LogP contribution in [0.2, 0.25) is 0 Å². The van der Waals surface area contributed by atoms with E-state index in [1.807, 2.05) is 12.1 Å². The molecule has 0 aliphatic heterocycles. The number of aliphatic hydroxyl groups excluding tert-OH is 1. The van der Waals surface area contributed by atoms with Crippen LogP contribution in [0.1, 0.15) is 18.9 Å². The first-order valence-corrected chi connectivity index (χ1v) is 5.72. The van der Waals surface area contributed by atoms with Crippen molar-refractivity contribution in [3.63, 3.8) is 0 Å². The highest BCUT2D eigenvalue weighted by Crippen LogP contribution is 2.18. The number of aromatic nitrogens is 1. The lowest BCUT2D eigenvalue weighted by Crippen LogP contribution is -2.26. The molecule has 0 radical (unpaired) electrons. The quantitative estimate of drug-likeness (QED) is 0.757. The van der Waals surface area contributed by atoms with Crippen LogP contribution in [0.4, 0.5) is 5.82 Å². The average molecular weight is 229 g/mol. The average Bonchev–Trinajstić information content (AvgIpc) is 2.30. The van der Waals surface area contributed by atoms with E-state index in [0.717, 1.165) is 30.9 Å². The van der Waals surface area contributed by atoms with Crippen LogP contribution in [-0.2, 0) is 5.88 Å². The molecule has 0 fully saturated rings. The van der Waals surface area contributed by atoms with Crippen molar-refractivity contribution in [2.45, 2.75) is 19.2 Å². The van der Waals surface area contributed by atoms with E-state index in [2.05, 4.69) is 16.8 Å². The molecule has 0 aliphatic carbocycles. The summed E-state index contributed by atoms with van der Waals surface area (Å²) >= 11 is 5.85. The molecule has 0 unspecified atom stereocenters. The minimum absolute atomic E-state index is 0.208. The second-order valence-corrected chi connectivity index (χ2v) is 3.54. The first-order chi connectivity index (χ1) is 7.33. The second kappa shape index (κ2) is 6.64. The lowest BCUT2D eigenvalue weighted by atomic mass is 10.2. The first-order valence-electron chi connectivity index (χ1n) is 5.19. The van der Waals surface area contributed by atoms with Crippen LogP contribution in [-0.4, -0.2) is 29.8 Å². The van der Waals surface area contributed by atoms with Gasteiger partial charge < -0.3 is 10.0 Å². The van der Waals surface area contributed by atoms with Gasteiger partial charge in [0.1, 0.15) is 5.82 Å². The number of alkyl halides is 1. The molecule has 1 aromatic heterocycles. The Labute approximate surface area is 95.7 Å². The molecule has 0 saturated heterocycles. The highest BCUT2D eigenvalue weighted by Gasteiger charge is 2.09. The minimum Gasteiger partial charge on any atom is -0.396 e. The number of pyridine rings is 1. The zero-order chi connectivity index (χ0) is 11.1. The van der Waals surface area contributed by atoms with E-state index in [1.165, 1.54) is 0 Å². The molecule has 0 aromatic carbocycles. The summed E-state index contributed by atoms with van der Waals surface area (Å²) in [7, 11) is 0. The zero-order valence-corrected chi connectivity index (χ0v) is 9.74. The predicted octanol–water partition coefficient (Wildman–Crippen LogP) is 2.03. The lowest BCUT2D eigenvalue weighted by Gasteiger charge is -2.23. The molecule has 0 aliphatic rings. The Balaban J connectivity index is 2.80. The molecule has 0 amide bonds. The van der Waals surface area contributed by atoms with Crippen molar-refractivity contribution in [1.82, 2.24) is 4.98 Å². The number of rotatable bonds is 6. The van der Waals surface area contributed by atoms with Crippen LogP contribution in [0, 0.1) is 0 Å². The maximum absolute atomic E-state index is 8.81. The van der Waals surface area contributed by atoms with Crippen LogP contribution >= 0.6 is 11.6 Å². The van der Waals surface area contributed by atoms with E-state index < -0.39 is 0 Å². The topological polar surface area (TPSA) is 36.4 Å². The first kappa shape index (κ1) is 12.3. The van der Waals surface area contributed by atoms with Crippen LogP contribution in [0.5, 0.6) is 0 Å². The summed E-state index contributed by atoms with van der Waals surface area (Å²) in [5, 5.41) is 8.81. The van der Waals surface area contributed by atoms with Gasteiger partial charge in [-0.3, -0.25) is 0 Å². The predicted molar refractivity (Wildman–Crippen MR) is 63.4 cm³/mol. The summed E-state index contributed by atoms with van der Waals surface area (Å²) in [5.41, 5.74) is 1.04. The van der Waals surface area contributed by atoms with Gasteiger partial charge in [0.25, 0.3) is 0 Å². The smallest absolute Gasteiger partial charge is 0.132 e. The summed E-state index contributed by atoms with van der Waals surface area (Å²) in [4.78, 5) is 6.47. The van der Waals surface area contributed by atoms with Crippen molar-refractivity contribution in [1.29, 1.82) is 0 Å². The Morgan fingerprint density at radius 2 is 2.33 bits per heavy atom. The van der Waals surface area contributed by atoms with Crippen molar-refractivity contribution in [2.75, 3.05) is 24.6 Å². The fraction of sp³-hybridized carbons (Fsp3) is 0.545. The van der Waals surface area contributed by atoms with Gasteiger partial charge in [-0.1, -0.05) is 6.07 Å². The second-order valence-electron chi connectivity index (χ2n) is 3.28. The van der Waals surface area contributed by atoms with E-state index in [-0.39, 0.29) is 6.61 Å². The summed E-state index contributed by atoms with van der Waals surface area (Å²) in [6.07, 6.45) is 2.53. The van der Waals surface area contributed by atoms with Gasteiger partial charge in [-0.15, -0.1) is 11.6 Å². The number of aliphatic hydroxyl groups is 1. The Morgan fingerprint density at radius 1 is 1.53 bits per heavy atom. The standard InChI is InChI=1S/C11H17ClN2O/c1-2-14(7-4-8-15)11-10(9-12)5-3-6-13-11/h3,5-6,15H,2,4,7-9H2,1H3. The Morgan fingerprint density at radius 3 is 2.93 bits per heavy atom. The molecule has 0 bridgehead atoms. The third-order valence-corrected chi connectivity index (χ3v) is 2.57. The fourth-order valence-electron chi connectivity index (χ4n) is 1.49. The van der Waals surface area contributed by atoms with E-state index in [4.69, 9.17) is 16.7 Å². The highest BCUT2D eigenvalue weighted by atomic mass is 35.5. The number of hydrogen-bond acceptors (Lipinski definition) is 3. The third-order valence-electron chi connectivity index (χ3n) is 2.28. The van der Waals surface area contributed by atoms with E-state index >= 15 is 0 Å². The van der Waals surface area contributed by atoms with Crippen molar-refractivity contribution in [3.8, 4) is 0 Å². The molecule has 15 heavy (non-hydrogen) atoms. The Hall–Kier alpha value is -0.800. The van der Waals surface area contributed by atoms with Crippen molar-refractivity contribution in [3.05, 3.63) is 23.9 Å². The zero-order valence-electron chi connectivity index (χ0n) is 8.99. The molecule has 1 rings (SSSR count). The van der Waals surface area contributed by atoms with Gasteiger partial charge in [0, 0.05) is 31.5 Å². The third kappa shape index (κ3) is 3.36. The van der Waals surface area contributed by atoms with Gasteiger partial charge >= 0.3 is 0 Å². The number of hydrogen-bond donors (Lipinski definition) is 1. The van der Waals surface area contributed by atoms with Crippen molar-refractivity contribution >= 4 is 17.4 Å². The monoisotopic (exact) mass is 228 g/mol. The van der Waals surface area contributed by atoms with E-state index in [1.54, 1.807) is 6.20 Å². The molecule has 0 atom stereocenters. The highest BCUT2D eigenvalue weighted by molar-refractivity contribution is 6.17. The number of halogens is 1. The van der Waals surface area contributed by atoms with Gasteiger partial charge in [-0.05, 0) is 19.4 Å². The maximum atomic E-state index is 8.81. The number of anilines is 1. The van der Waals surface area contributed by atoms with Gasteiger partial charge in [0.05, 0.1) is 5.88 Å². The van der Waals surface area contributed by atoms with Gasteiger partial charge in [0.15, 0.2) is 0 Å². The van der Waals surface area contributed by atoms with E-state index in [0.29, 0.717) is 5.88 Å². The van der Waals surface area contributed by atoms with Crippen LogP contribution < -0.4 is 4.90 Å². The molecule has 3 nitrogen and oxygen atoms in total. The molecule has 1 aromatic rings. The summed E-state index contributed by atoms with van der Waals surface area (Å²) in [6, 6.07) is 3.87. The minimum atomic E-state index is 0.208. The van der Waals surface area contributed by atoms with Gasteiger partial charge in [0.2, 0.25) is 0 Å². The van der Waals surface area contributed by atoms with Crippen LogP contribution in [0.25, 0.3) is 0 Å². The van der Waals surface area contributed by atoms with Crippen molar-refractivity contribution in [2.24, 2.45) is 0 Å². The molecule has 4 heteroatoms. The summed E-state index contributed by atoms with van der Waals surface area (Å²) in [6.45, 7) is 3.97. The van der Waals surface area contributed by atoms with Gasteiger partial charge in [-0.2, -0.15) is 0 Å². The lowest BCUT2D eigenvalue weighted by molar-refractivity contribution is 0.289. The molecular formula is C11H17ClN2O. The summed E-state index contributed by atoms with van der Waals surface area (Å²) < 4.78 is 0. The van der Waals surface area contributed by atoms with E-state index in [9.17, 15) is 0 Å². The molecule has 0 spiro atoms. The van der Waals surface area contributed by atoms with Crippen molar-refractivity contribution < 1.29 is 5.11 Å². The Bertz CT molecular complexity index is 294. The Kier molecular flexibility index (Phi) is 5.43. The largest absolute Gasteiger partial charge is 0.396 e. The molecule has 1 heterocycles. The SMILES string of the molecule is CCN(CCCO)c1ncccc1CCl. The molecule has 0 saturated carbocycles.